The monoisotopic (exact) mass is 352 g/mol. The number of anilines is 2. The van der Waals surface area contributed by atoms with E-state index in [9.17, 15) is 4.79 Å². The van der Waals surface area contributed by atoms with Crippen molar-refractivity contribution < 1.29 is 4.79 Å². The Morgan fingerprint density at radius 2 is 2.12 bits per heavy atom. The summed E-state index contributed by atoms with van der Waals surface area (Å²) in [5.41, 5.74) is 9.69. The highest BCUT2D eigenvalue weighted by Gasteiger charge is 2.90. The highest BCUT2D eigenvalue weighted by atomic mass is 35.5. The average molecular weight is 353 g/mol. The van der Waals surface area contributed by atoms with Crippen LogP contribution in [0.4, 0.5) is 11.4 Å². The minimum Gasteiger partial charge on any atom is -0.398 e. The van der Waals surface area contributed by atoms with Crippen molar-refractivity contribution in [3.05, 3.63) is 35.9 Å². The minimum absolute atomic E-state index is 0.0711. The van der Waals surface area contributed by atoms with Gasteiger partial charge in [-0.1, -0.05) is 31.2 Å². The average Bonchev–Trinajstić information content (AvgIpc) is 2.94. The number of halogens is 1. The topological polar surface area (TPSA) is 46.3 Å². The fourth-order valence-corrected chi connectivity index (χ4v) is 6.97. The molecule has 2 N–H and O–H groups in total. The molecule has 3 fully saturated rings. The van der Waals surface area contributed by atoms with E-state index in [0.717, 1.165) is 40.9 Å². The molecule has 1 heterocycles. The first-order valence-electron chi connectivity index (χ1n) is 9.20. The lowest BCUT2D eigenvalue weighted by molar-refractivity contribution is -0.139. The summed E-state index contributed by atoms with van der Waals surface area (Å²) in [7, 11) is 0. The van der Waals surface area contributed by atoms with Crippen LogP contribution in [-0.2, 0) is 4.79 Å². The molecule has 3 saturated carbocycles. The van der Waals surface area contributed by atoms with Crippen LogP contribution in [0.1, 0.15) is 31.2 Å². The zero-order chi connectivity index (χ0) is 17.1. The zero-order valence-electron chi connectivity index (χ0n) is 14.3. The van der Waals surface area contributed by atoms with Crippen LogP contribution >= 0.6 is 11.6 Å². The fraction of sp³-hybridized carbons (Fsp3) is 0.476. The van der Waals surface area contributed by atoms with Gasteiger partial charge in [-0.05, 0) is 47.1 Å². The Morgan fingerprint density at radius 3 is 2.72 bits per heavy atom. The Labute approximate surface area is 152 Å². The lowest BCUT2D eigenvalue weighted by Crippen LogP contribution is -2.53. The largest absolute Gasteiger partial charge is 0.398 e. The van der Waals surface area contributed by atoms with Crippen LogP contribution in [0.2, 0.25) is 0 Å². The molecule has 1 aliphatic heterocycles. The summed E-state index contributed by atoms with van der Waals surface area (Å²) in [6.07, 6.45) is 2.17. The summed E-state index contributed by atoms with van der Waals surface area (Å²) in [5, 5.41) is 2.21. The quantitative estimate of drug-likeness (QED) is 0.652. The maximum atomic E-state index is 13.5. The summed E-state index contributed by atoms with van der Waals surface area (Å²) in [6.45, 7) is 3.05. The van der Waals surface area contributed by atoms with E-state index < -0.39 is 0 Å². The molecule has 0 aromatic heterocycles. The lowest BCUT2D eigenvalue weighted by atomic mass is 9.59. The van der Waals surface area contributed by atoms with Gasteiger partial charge in [0.1, 0.15) is 0 Å². The van der Waals surface area contributed by atoms with Crippen LogP contribution in [0, 0.1) is 22.7 Å². The second-order valence-electron chi connectivity index (χ2n) is 8.84. The molecule has 25 heavy (non-hydrogen) atoms. The molecule has 0 bridgehead atoms. The Morgan fingerprint density at radius 1 is 1.36 bits per heavy atom. The predicted molar refractivity (Wildman–Crippen MR) is 101 cm³/mol. The second kappa shape index (κ2) is 4.15. The van der Waals surface area contributed by atoms with E-state index in [4.69, 9.17) is 17.3 Å². The zero-order valence-corrected chi connectivity index (χ0v) is 15.0. The third kappa shape index (κ3) is 1.42. The number of carbonyl (C=O) groups excluding carboxylic acids is 1. The highest BCUT2D eigenvalue weighted by molar-refractivity contribution is 6.19. The van der Waals surface area contributed by atoms with Crippen LogP contribution in [0.25, 0.3) is 10.8 Å². The van der Waals surface area contributed by atoms with Crippen molar-refractivity contribution in [2.45, 2.75) is 25.7 Å². The summed E-state index contributed by atoms with van der Waals surface area (Å²) in [5.74, 6) is 2.49. The summed E-state index contributed by atoms with van der Waals surface area (Å²) >= 11 is 6.31. The van der Waals surface area contributed by atoms with Crippen LogP contribution in [-0.4, -0.2) is 18.3 Å². The number of hydrogen-bond donors (Lipinski definition) is 1. The van der Waals surface area contributed by atoms with Crippen molar-refractivity contribution >= 4 is 39.7 Å². The maximum absolute atomic E-state index is 13.5. The molecule has 0 radical (unpaired) electrons. The Kier molecular flexibility index (Phi) is 2.39. The number of nitrogen functional groups attached to an aromatic ring is 1. The van der Waals surface area contributed by atoms with Crippen LogP contribution in [0.15, 0.2) is 30.3 Å². The number of fused-ring (bicyclic) bond motifs is 4. The number of alkyl halides is 1. The molecule has 4 heteroatoms. The molecular formula is C21H21ClN2O. The molecule has 2 aromatic carbocycles. The first kappa shape index (κ1) is 14.4. The fourth-order valence-electron chi connectivity index (χ4n) is 6.71. The Hall–Kier alpha value is -1.74. The highest BCUT2D eigenvalue weighted by Crippen LogP contribution is 2.92. The molecule has 4 aliphatic rings. The van der Waals surface area contributed by atoms with E-state index in [0.29, 0.717) is 29.7 Å². The first-order valence-corrected chi connectivity index (χ1v) is 9.74. The third-order valence-electron chi connectivity index (χ3n) is 7.78. The Bertz CT molecular complexity index is 972. The van der Waals surface area contributed by atoms with E-state index in [1.807, 2.05) is 23.1 Å². The van der Waals surface area contributed by atoms with Crippen molar-refractivity contribution in [3.63, 3.8) is 0 Å². The van der Waals surface area contributed by atoms with Gasteiger partial charge in [0, 0.05) is 35.1 Å². The third-order valence-corrected chi connectivity index (χ3v) is 8.15. The van der Waals surface area contributed by atoms with Crippen molar-refractivity contribution in [2.24, 2.45) is 22.7 Å². The molecule has 2 aromatic rings. The molecule has 6 rings (SSSR count). The molecule has 5 unspecified atom stereocenters. The number of amides is 1. The van der Waals surface area contributed by atoms with Crippen LogP contribution < -0.4 is 10.6 Å². The number of rotatable bonds is 2. The minimum atomic E-state index is -0.0711. The number of hydrogen-bond acceptors (Lipinski definition) is 2. The van der Waals surface area contributed by atoms with E-state index in [1.165, 1.54) is 5.56 Å². The molecular weight excluding hydrogens is 332 g/mol. The number of nitrogens with zero attached hydrogens (tertiary/aromatic N) is 1. The van der Waals surface area contributed by atoms with Crippen molar-refractivity contribution in [1.82, 2.24) is 0 Å². The molecule has 0 spiro atoms. The van der Waals surface area contributed by atoms with Crippen LogP contribution in [0.5, 0.6) is 0 Å². The molecule has 128 valence electrons. The van der Waals surface area contributed by atoms with Gasteiger partial charge in [0.2, 0.25) is 5.91 Å². The standard InChI is InChI=1S/C21H21ClN2O/c1-20-10-21(7-14(20)18(20)21)19(25)24-9-11(8-22)17-13-5-3-2-4-12(13)15(23)6-16(17)24/h2-6,11,14,18H,7-10,23H2,1H3. The number of carbonyl (C=O) groups is 1. The van der Waals surface area contributed by atoms with E-state index in [2.05, 4.69) is 19.1 Å². The van der Waals surface area contributed by atoms with Gasteiger partial charge in [-0.25, -0.2) is 0 Å². The number of nitrogens with two attached hydrogens (primary N) is 1. The van der Waals surface area contributed by atoms with E-state index >= 15 is 0 Å². The van der Waals surface area contributed by atoms with Crippen molar-refractivity contribution in [1.29, 1.82) is 0 Å². The first-order chi connectivity index (χ1) is 12.0. The van der Waals surface area contributed by atoms with Crippen molar-refractivity contribution in [2.75, 3.05) is 23.1 Å². The summed E-state index contributed by atoms with van der Waals surface area (Å²) in [4.78, 5) is 15.5. The van der Waals surface area contributed by atoms with Crippen LogP contribution in [0.3, 0.4) is 0 Å². The Balaban J connectivity index is 1.48. The van der Waals surface area contributed by atoms with Gasteiger partial charge in [-0.3, -0.25) is 4.79 Å². The van der Waals surface area contributed by atoms with E-state index in [-0.39, 0.29) is 11.3 Å². The molecule has 3 nitrogen and oxygen atoms in total. The maximum Gasteiger partial charge on any atom is 0.233 e. The molecule has 5 atom stereocenters. The van der Waals surface area contributed by atoms with Gasteiger partial charge in [0.15, 0.2) is 0 Å². The lowest BCUT2D eigenvalue weighted by Gasteiger charge is -2.47. The van der Waals surface area contributed by atoms with Gasteiger partial charge in [0.25, 0.3) is 0 Å². The van der Waals surface area contributed by atoms with Gasteiger partial charge >= 0.3 is 0 Å². The van der Waals surface area contributed by atoms with E-state index in [1.54, 1.807) is 0 Å². The van der Waals surface area contributed by atoms with Gasteiger partial charge in [-0.2, -0.15) is 0 Å². The molecule has 0 saturated heterocycles. The molecule has 1 amide bonds. The smallest absolute Gasteiger partial charge is 0.233 e. The summed E-state index contributed by atoms with van der Waals surface area (Å²) < 4.78 is 0. The molecule has 3 aliphatic carbocycles. The van der Waals surface area contributed by atoms with Crippen molar-refractivity contribution in [3.8, 4) is 0 Å². The van der Waals surface area contributed by atoms with Gasteiger partial charge < -0.3 is 10.6 Å². The number of benzene rings is 2. The summed E-state index contributed by atoms with van der Waals surface area (Å²) in [6, 6.07) is 10.2. The SMILES string of the molecule is CC12CC3(C(=O)N4CC(CCl)c5c4cc(N)c4ccccc54)CC1C32. The van der Waals surface area contributed by atoms with Gasteiger partial charge in [0.05, 0.1) is 5.41 Å². The predicted octanol–water partition coefficient (Wildman–Crippen LogP) is 4.14. The normalized spacial score (nSPS) is 39.4. The van der Waals surface area contributed by atoms with Gasteiger partial charge in [-0.15, -0.1) is 11.6 Å². The second-order valence-corrected chi connectivity index (χ2v) is 9.15.